The lowest BCUT2D eigenvalue weighted by molar-refractivity contribution is 0.176. The molecular formula is C15H21FN2O. The minimum Gasteiger partial charge on any atom is -0.324 e. The lowest BCUT2D eigenvalue weighted by Gasteiger charge is -2.35. The predicted octanol–water partition coefficient (Wildman–Crippen LogP) is 3.50. The number of carbonyl (C=O) groups is 1. The Morgan fingerprint density at radius 2 is 2.11 bits per heavy atom. The van der Waals surface area contributed by atoms with E-state index in [-0.39, 0.29) is 11.8 Å². The highest BCUT2D eigenvalue weighted by Crippen LogP contribution is 2.21. The lowest BCUT2D eigenvalue weighted by atomic mass is 10.0. The fraction of sp³-hybridized carbons (Fsp3) is 0.533. The molecule has 2 amide bonds. The largest absolute Gasteiger partial charge is 0.324 e. The molecule has 0 bridgehead atoms. The summed E-state index contributed by atoms with van der Waals surface area (Å²) < 4.78 is 12.9. The van der Waals surface area contributed by atoms with Crippen molar-refractivity contribution in [2.24, 2.45) is 5.92 Å². The molecule has 1 fully saturated rings. The van der Waals surface area contributed by atoms with Crippen LogP contribution in [-0.2, 0) is 0 Å². The molecule has 3 nitrogen and oxygen atoms in total. The molecule has 19 heavy (non-hydrogen) atoms. The number of urea groups is 1. The maximum absolute atomic E-state index is 12.9. The molecule has 1 heterocycles. The summed E-state index contributed by atoms with van der Waals surface area (Å²) in [5.74, 6) is 0.281. The minimum absolute atomic E-state index is 0.0284. The van der Waals surface area contributed by atoms with Crippen molar-refractivity contribution in [1.82, 2.24) is 4.90 Å². The van der Waals surface area contributed by atoms with Crippen molar-refractivity contribution >= 4 is 11.7 Å². The fourth-order valence-electron chi connectivity index (χ4n) is 2.58. The van der Waals surface area contributed by atoms with E-state index in [2.05, 4.69) is 6.92 Å². The van der Waals surface area contributed by atoms with Crippen molar-refractivity contribution in [2.45, 2.75) is 26.7 Å². The van der Waals surface area contributed by atoms with Crippen LogP contribution < -0.4 is 4.90 Å². The highest BCUT2D eigenvalue weighted by Gasteiger charge is 2.25. The van der Waals surface area contributed by atoms with Gasteiger partial charge in [-0.05, 0) is 49.9 Å². The smallest absolute Gasteiger partial charge is 0.324 e. The van der Waals surface area contributed by atoms with Crippen molar-refractivity contribution in [3.63, 3.8) is 0 Å². The molecule has 0 radical (unpaired) electrons. The number of hydrogen-bond acceptors (Lipinski definition) is 1. The first-order valence-electron chi connectivity index (χ1n) is 6.93. The molecule has 0 spiro atoms. The molecule has 1 unspecified atom stereocenters. The van der Waals surface area contributed by atoms with Crippen LogP contribution in [0.2, 0.25) is 0 Å². The van der Waals surface area contributed by atoms with Gasteiger partial charge >= 0.3 is 6.03 Å². The molecule has 1 aliphatic heterocycles. The van der Waals surface area contributed by atoms with Gasteiger partial charge in [0.15, 0.2) is 0 Å². The summed E-state index contributed by atoms with van der Waals surface area (Å²) in [6.07, 6.45) is 2.25. The maximum Gasteiger partial charge on any atom is 0.324 e. The maximum atomic E-state index is 12.9. The number of likely N-dealkylation sites (tertiary alicyclic amines) is 1. The first-order chi connectivity index (χ1) is 9.11. The van der Waals surface area contributed by atoms with Gasteiger partial charge in [0.05, 0.1) is 0 Å². The summed E-state index contributed by atoms with van der Waals surface area (Å²) >= 11 is 0. The average Bonchev–Trinajstić information content (AvgIpc) is 2.41. The third-order valence-electron chi connectivity index (χ3n) is 3.61. The van der Waals surface area contributed by atoms with E-state index >= 15 is 0 Å². The second kappa shape index (κ2) is 6.04. The first kappa shape index (κ1) is 13.8. The third kappa shape index (κ3) is 3.25. The number of benzene rings is 1. The highest BCUT2D eigenvalue weighted by molar-refractivity contribution is 5.92. The zero-order chi connectivity index (χ0) is 13.8. The molecule has 1 atom stereocenters. The number of hydrogen-bond donors (Lipinski definition) is 0. The first-order valence-corrected chi connectivity index (χ1v) is 6.93. The van der Waals surface area contributed by atoms with Crippen molar-refractivity contribution in [3.05, 3.63) is 30.1 Å². The summed E-state index contributed by atoms with van der Waals surface area (Å²) in [6.45, 7) is 6.34. The standard InChI is InChI=1S/C15H21FN2O/c1-3-18(14-8-6-13(16)7-9-14)15(19)17-10-4-5-12(2)11-17/h6-9,12H,3-5,10-11H2,1-2H3. The van der Waals surface area contributed by atoms with Gasteiger partial charge in [0, 0.05) is 25.3 Å². The normalized spacial score (nSPS) is 19.3. The highest BCUT2D eigenvalue weighted by atomic mass is 19.1. The zero-order valence-electron chi connectivity index (χ0n) is 11.6. The van der Waals surface area contributed by atoms with Crippen molar-refractivity contribution in [3.8, 4) is 0 Å². The Balaban J connectivity index is 2.12. The van der Waals surface area contributed by atoms with Gasteiger partial charge in [-0.3, -0.25) is 4.90 Å². The third-order valence-corrected chi connectivity index (χ3v) is 3.61. The molecule has 0 saturated carbocycles. The van der Waals surface area contributed by atoms with E-state index in [0.717, 1.165) is 25.2 Å². The van der Waals surface area contributed by atoms with E-state index in [0.29, 0.717) is 12.5 Å². The zero-order valence-corrected chi connectivity index (χ0v) is 11.6. The molecule has 1 aliphatic rings. The summed E-state index contributed by atoms with van der Waals surface area (Å²) in [4.78, 5) is 16.1. The number of rotatable bonds is 2. The molecule has 0 N–H and O–H groups in total. The monoisotopic (exact) mass is 264 g/mol. The SMILES string of the molecule is CCN(C(=O)N1CCCC(C)C1)c1ccc(F)cc1. The number of nitrogens with zero attached hydrogens (tertiary/aromatic N) is 2. The molecule has 4 heteroatoms. The van der Waals surface area contributed by atoms with Crippen LogP contribution in [0.25, 0.3) is 0 Å². The topological polar surface area (TPSA) is 23.6 Å². The van der Waals surface area contributed by atoms with Crippen molar-refractivity contribution < 1.29 is 9.18 Å². The Morgan fingerprint density at radius 1 is 1.42 bits per heavy atom. The van der Waals surface area contributed by atoms with E-state index < -0.39 is 0 Å². The number of piperidine rings is 1. The number of halogens is 1. The molecule has 0 aromatic heterocycles. The van der Waals surface area contributed by atoms with Gasteiger partial charge in [0.2, 0.25) is 0 Å². The molecule has 1 saturated heterocycles. The molecular weight excluding hydrogens is 243 g/mol. The summed E-state index contributed by atoms with van der Waals surface area (Å²) in [5.41, 5.74) is 0.757. The van der Waals surface area contributed by atoms with E-state index in [9.17, 15) is 9.18 Å². The second-order valence-corrected chi connectivity index (χ2v) is 5.20. The minimum atomic E-state index is -0.279. The van der Waals surface area contributed by atoms with Gasteiger partial charge in [-0.2, -0.15) is 0 Å². The van der Waals surface area contributed by atoms with Gasteiger partial charge in [0.1, 0.15) is 5.82 Å². The lowest BCUT2D eigenvalue weighted by Crippen LogP contribution is -2.47. The Kier molecular flexibility index (Phi) is 4.40. The Morgan fingerprint density at radius 3 is 2.68 bits per heavy atom. The average molecular weight is 264 g/mol. The predicted molar refractivity (Wildman–Crippen MR) is 74.8 cm³/mol. The van der Waals surface area contributed by atoms with Gasteiger partial charge in [-0.1, -0.05) is 6.92 Å². The molecule has 1 aromatic carbocycles. The Hall–Kier alpha value is -1.58. The quantitative estimate of drug-likeness (QED) is 0.802. The van der Waals surface area contributed by atoms with Crippen LogP contribution in [0, 0.1) is 11.7 Å². The van der Waals surface area contributed by atoms with E-state index in [1.807, 2.05) is 11.8 Å². The number of carbonyl (C=O) groups excluding carboxylic acids is 1. The van der Waals surface area contributed by atoms with E-state index in [1.165, 1.54) is 18.6 Å². The van der Waals surface area contributed by atoms with Crippen LogP contribution in [0.15, 0.2) is 24.3 Å². The van der Waals surface area contributed by atoms with Crippen LogP contribution in [0.4, 0.5) is 14.9 Å². The molecule has 1 aromatic rings. The van der Waals surface area contributed by atoms with E-state index in [4.69, 9.17) is 0 Å². The van der Waals surface area contributed by atoms with Crippen molar-refractivity contribution in [1.29, 1.82) is 0 Å². The van der Waals surface area contributed by atoms with Crippen LogP contribution in [0.1, 0.15) is 26.7 Å². The van der Waals surface area contributed by atoms with Crippen LogP contribution in [0.5, 0.6) is 0 Å². The summed E-state index contributed by atoms with van der Waals surface area (Å²) in [5, 5.41) is 0. The fourth-order valence-corrected chi connectivity index (χ4v) is 2.58. The Bertz CT molecular complexity index is 432. The molecule has 2 rings (SSSR count). The molecule has 0 aliphatic carbocycles. The second-order valence-electron chi connectivity index (χ2n) is 5.20. The van der Waals surface area contributed by atoms with Crippen molar-refractivity contribution in [2.75, 3.05) is 24.5 Å². The number of anilines is 1. The van der Waals surface area contributed by atoms with Crippen LogP contribution in [0.3, 0.4) is 0 Å². The van der Waals surface area contributed by atoms with Gasteiger partial charge in [-0.15, -0.1) is 0 Å². The summed E-state index contributed by atoms with van der Waals surface area (Å²) in [7, 11) is 0. The van der Waals surface area contributed by atoms with Gasteiger partial charge in [0.25, 0.3) is 0 Å². The van der Waals surface area contributed by atoms with Crippen LogP contribution >= 0.6 is 0 Å². The van der Waals surface area contributed by atoms with E-state index in [1.54, 1.807) is 17.0 Å². The number of amides is 2. The van der Waals surface area contributed by atoms with Gasteiger partial charge < -0.3 is 4.90 Å². The summed E-state index contributed by atoms with van der Waals surface area (Å²) in [6, 6.07) is 6.13. The Labute approximate surface area is 114 Å². The molecule has 104 valence electrons. The van der Waals surface area contributed by atoms with Crippen LogP contribution in [-0.4, -0.2) is 30.6 Å². The van der Waals surface area contributed by atoms with Gasteiger partial charge in [-0.25, -0.2) is 9.18 Å².